The lowest BCUT2D eigenvalue weighted by atomic mass is 9.79. The number of aryl methyl sites for hydroxylation is 4. The van der Waals surface area contributed by atoms with Crippen LogP contribution in [0.4, 0.5) is 0 Å². The first kappa shape index (κ1) is 41.3. The molecule has 0 radical (unpaired) electrons. The number of nitrogens with zero attached hydrogens (tertiary/aromatic N) is 3. The molecule has 5 rings (SSSR count). The highest BCUT2D eigenvalue weighted by atomic mass is 127. The van der Waals surface area contributed by atoms with E-state index in [4.69, 9.17) is 0 Å². The van der Waals surface area contributed by atoms with Gasteiger partial charge in [-0.25, -0.2) is 0 Å². The second-order valence-corrected chi connectivity index (χ2v) is 16.2. The fourth-order valence-electron chi connectivity index (χ4n) is 7.20. The molecule has 3 atom stereocenters. The number of aliphatic imine (C=N–C) groups is 1. The normalized spacial score (nSPS) is 19.3. The van der Waals surface area contributed by atoms with E-state index in [1.165, 1.54) is 44.5 Å². The number of quaternary nitrogens is 1. The Morgan fingerprint density at radius 2 is 1.49 bits per heavy atom. The van der Waals surface area contributed by atoms with Crippen LogP contribution in [0.3, 0.4) is 0 Å². The summed E-state index contributed by atoms with van der Waals surface area (Å²) in [6.07, 6.45) is 7.01. The zero-order valence-corrected chi connectivity index (χ0v) is 33.8. The van der Waals surface area contributed by atoms with Gasteiger partial charge in [0.15, 0.2) is 0 Å². The number of hydrogen-bond acceptors (Lipinski definition) is 4. The lowest BCUT2D eigenvalue weighted by Gasteiger charge is -2.43. The molecule has 2 aromatic rings. The van der Waals surface area contributed by atoms with E-state index in [0.29, 0.717) is 35.9 Å². The molecule has 0 saturated carbocycles. The maximum Gasteiger partial charge on any atom is 0.139 e. The Balaban J connectivity index is 0.000000257. The Bertz CT molecular complexity index is 1390. The van der Waals surface area contributed by atoms with E-state index in [9.17, 15) is 9.59 Å². The minimum Gasteiger partial charge on any atom is -1.00 e. The topological polar surface area (TPSA) is 49.7 Å². The van der Waals surface area contributed by atoms with Gasteiger partial charge in [0.25, 0.3) is 0 Å². The average molecular weight is 758 g/mol. The molecular weight excluding hydrogens is 693 g/mol. The smallest absolute Gasteiger partial charge is 0.139 e. The highest BCUT2D eigenvalue weighted by molar-refractivity contribution is 5.84. The Kier molecular flexibility index (Phi) is 16.0. The van der Waals surface area contributed by atoms with Crippen molar-refractivity contribution in [2.24, 2.45) is 28.7 Å². The number of ketones is 2. The van der Waals surface area contributed by atoms with Gasteiger partial charge in [-0.15, -0.1) is 0 Å². The first-order valence-corrected chi connectivity index (χ1v) is 17.7. The summed E-state index contributed by atoms with van der Waals surface area (Å²) in [4.78, 5) is 30.7. The average Bonchev–Trinajstić information content (AvgIpc) is 2.94. The highest BCUT2D eigenvalue weighted by Crippen LogP contribution is 2.39. The largest absolute Gasteiger partial charge is 1.00 e. The number of carbonyl (C=O) groups is 2. The molecule has 0 aromatic heterocycles. The lowest BCUT2D eigenvalue weighted by Crippen LogP contribution is -3.00. The van der Waals surface area contributed by atoms with Crippen molar-refractivity contribution >= 4 is 17.8 Å². The van der Waals surface area contributed by atoms with Crippen LogP contribution in [0, 0.1) is 51.4 Å². The number of halogens is 1. The van der Waals surface area contributed by atoms with Crippen LogP contribution < -0.4 is 24.0 Å². The van der Waals surface area contributed by atoms with Crippen LogP contribution >= 0.6 is 0 Å². The fraction of sp³-hybridized carbons (Fsp3) is 0.634. The monoisotopic (exact) mass is 757 g/mol. The molecule has 0 aliphatic carbocycles. The maximum absolute atomic E-state index is 12.5. The van der Waals surface area contributed by atoms with Gasteiger partial charge in [-0.1, -0.05) is 45.9 Å². The lowest BCUT2D eigenvalue weighted by molar-refractivity contribution is -0.872. The quantitative estimate of drug-likeness (QED) is 0.293. The van der Waals surface area contributed by atoms with Crippen molar-refractivity contribution in [1.82, 2.24) is 4.90 Å². The molecule has 2 aromatic carbocycles. The van der Waals surface area contributed by atoms with Crippen LogP contribution in [0.5, 0.6) is 0 Å². The molecule has 0 N–H and O–H groups in total. The standard InChI is InChI=1S/C19H27NO.C11H24NO.C11H13N.HI/c1-12(2)7-16-11-20-6-5-15-8-13(3)14(4)9-17(15)18(20)10-19(16)21;1-9(2)7-11(10(3)13)8-12(4,5)6;1-8-5-10-3-4-12-7-11(10)6-9(8)2;/h8-9,12,16,18H,5-7,10-11H2,1-4H3;9,11H,7-8H2,1-6H3;5-7H,3-4H2,1-2H3;1H/q;+1;;/p-1. The third-order valence-corrected chi connectivity index (χ3v) is 9.88. The van der Waals surface area contributed by atoms with E-state index in [1.807, 2.05) is 6.21 Å². The third kappa shape index (κ3) is 12.5. The fourth-order valence-corrected chi connectivity index (χ4v) is 7.20. The van der Waals surface area contributed by atoms with Crippen LogP contribution in [0.15, 0.2) is 29.3 Å². The van der Waals surface area contributed by atoms with Gasteiger partial charge < -0.3 is 28.5 Å². The molecule has 0 spiro atoms. The minimum absolute atomic E-state index is 0. The summed E-state index contributed by atoms with van der Waals surface area (Å²) in [5.41, 5.74) is 11.1. The summed E-state index contributed by atoms with van der Waals surface area (Å²) in [5, 5.41) is 0. The number of carbonyl (C=O) groups excluding carboxylic acids is 2. The molecule has 3 aliphatic rings. The van der Waals surface area contributed by atoms with Gasteiger partial charge in [-0.05, 0) is 123 Å². The number of piperidine rings is 1. The molecule has 3 unspecified atom stereocenters. The van der Waals surface area contributed by atoms with Crippen LogP contribution in [-0.2, 0) is 22.4 Å². The Labute approximate surface area is 304 Å². The van der Waals surface area contributed by atoms with Crippen molar-refractivity contribution in [3.05, 3.63) is 68.8 Å². The molecule has 3 aliphatic heterocycles. The van der Waals surface area contributed by atoms with Crippen molar-refractivity contribution in [2.75, 3.05) is 47.3 Å². The third-order valence-electron chi connectivity index (χ3n) is 9.88. The summed E-state index contributed by atoms with van der Waals surface area (Å²) < 4.78 is 0.872. The SMILES string of the molecule is CC(=O)C(CC(C)C)C[N+](C)(C)C.Cc1cc2c(cc1C)C1CC(=O)C(CC(C)C)CN1CC2.Cc1cc2c(cc1C)CCN=C2.[I-]. The summed E-state index contributed by atoms with van der Waals surface area (Å²) >= 11 is 0. The molecule has 6 heteroatoms. The van der Waals surface area contributed by atoms with Gasteiger partial charge in [0.2, 0.25) is 0 Å². The summed E-state index contributed by atoms with van der Waals surface area (Å²) in [7, 11) is 6.41. The minimum atomic E-state index is 0. The Morgan fingerprint density at radius 3 is 2.06 bits per heavy atom. The number of benzene rings is 2. The maximum atomic E-state index is 12.5. The van der Waals surface area contributed by atoms with Crippen LogP contribution in [0.25, 0.3) is 0 Å². The number of hydrogen-bond donors (Lipinski definition) is 0. The van der Waals surface area contributed by atoms with Gasteiger partial charge in [0.1, 0.15) is 11.6 Å². The van der Waals surface area contributed by atoms with E-state index in [1.54, 1.807) is 6.92 Å². The number of rotatable bonds is 7. The van der Waals surface area contributed by atoms with Gasteiger partial charge in [-0.2, -0.15) is 0 Å². The summed E-state index contributed by atoms with van der Waals surface area (Å²) in [5.74, 6) is 2.53. The first-order chi connectivity index (χ1) is 21.4. The van der Waals surface area contributed by atoms with Gasteiger partial charge in [0, 0.05) is 44.2 Å². The van der Waals surface area contributed by atoms with Gasteiger partial charge in [0.05, 0.1) is 33.6 Å². The molecule has 3 heterocycles. The second kappa shape index (κ2) is 18.2. The van der Waals surface area contributed by atoms with Crippen LogP contribution in [0.2, 0.25) is 0 Å². The molecule has 0 amide bonds. The Hall–Kier alpha value is -1.90. The first-order valence-electron chi connectivity index (χ1n) is 17.7. The predicted octanol–water partition coefficient (Wildman–Crippen LogP) is 5.06. The summed E-state index contributed by atoms with van der Waals surface area (Å²) in [6, 6.07) is 9.52. The van der Waals surface area contributed by atoms with Gasteiger partial charge in [-0.3, -0.25) is 19.5 Å². The highest BCUT2D eigenvalue weighted by Gasteiger charge is 2.38. The van der Waals surface area contributed by atoms with Gasteiger partial charge >= 0.3 is 0 Å². The van der Waals surface area contributed by atoms with E-state index < -0.39 is 0 Å². The van der Waals surface area contributed by atoms with Crippen molar-refractivity contribution < 1.29 is 38.0 Å². The molecule has 262 valence electrons. The van der Waals surface area contributed by atoms with E-state index in [0.717, 1.165) is 56.3 Å². The van der Waals surface area contributed by atoms with Crippen LogP contribution in [0.1, 0.15) is 104 Å². The molecule has 5 nitrogen and oxygen atoms in total. The Morgan fingerprint density at radius 1 is 0.894 bits per heavy atom. The molecule has 1 saturated heterocycles. The molecule has 1 fully saturated rings. The number of Topliss-reactive ketones (excluding diaryl/α,β-unsaturated/α-hetero) is 2. The second-order valence-electron chi connectivity index (χ2n) is 16.2. The van der Waals surface area contributed by atoms with Crippen molar-refractivity contribution in [3.63, 3.8) is 0 Å². The van der Waals surface area contributed by atoms with E-state index in [2.05, 4.69) is 111 Å². The van der Waals surface area contributed by atoms with Crippen molar-refractivity contribution in [2.45, 2.75) is 100 Å². The summed E-state index contributed by atoms with van der Waals surface area (Å²) in [6.45, 7) is 23.2. The van der Waals surface area contributed by atoms with Crippen LogP contribution in [-0.4, -0.2) is 74.5 Å². The van der Waals surface area contributed by atoms with Crippen molar-refractivity contribution in [1.29, 1.82) is 0 Å². The predicted molar refractivity (Wildman–Crippen MR) is 195 cm³/mol. The molecule has 0 bridgehead atoms. The number of fused-ring (bicyclic) bond motifs is 4. The zero-order chi connectivity index (χ0) is 34.3. The van der Waals surface area contributed by atoms with E-state index >= 15 is 0 Å². The van der Waals surface area contributed by atoms with Crippen molar-refractivity contribution in [3.8, 4) is 0 Å². The zero-order valence-electron chi connectivity index (χ0n) is 31.7. The van der Waals surface area contributed by atoms with E-state index in [-0.39, 0.29) is 35.8 Å². The molecule has 47 heavy (non-hydrogen) atoms. The molecular formula is C41H64IN3O2.